The Labute approximate surface area is 228 Å². The third-order valence-corrected chi connectivity index (χ3v) is 6.98. The molecule has 4 rings (SSSR count). The zero-order valence-corrected chi connectivity index (χ0v) is 22.6. The number of carbonyl (C=O) groups excluding carboxylic acids is 3. The van der Waals surface area contributed by atoms with E-state index in [0.29, 0.717) is 13.0 Å². The number of hydrogen-bond donors (Lipinski definition) is 1. The van der Waals surface area contributed by atoms with Crippen molar-refractivity contribution in [1.29, 1.82) is 0 Å². The minimum Gasteiger partial charge on any atom is -0.493 e. The molecule has 1 saturated carbocycles. The predicted octanol–water partition coefficient (Wildman–Crippen LogP) is 3.26. The molecule has 2 aromatic rings. The van der Waals surface area contributed by atoms with Gasteiger partial charge in [-0.2, -0.15) is 0 Å². The van der Waals surface area contributed by atoms with Gasteiger partial charge in [0.15, 0.2) is 17.5 Å². The first-order valence-electron chi connectivity index (χ1n) is 13.4. The maximum absolute atomic E-state index is 13.2. The van der Waals surface area contributed by atoms with E-state index in [0.717, 1.165) is 31.2 Å². The first-order chi connectivity index (χ1) is 18.9. The van der Waals surface area contributed by atoms with Gasteiger partial charge < -0.3 is 29.0 Å². The van der Waals surface area contributed by atoms with Gasteiger partial charge in [-0.25, -0.2) is 9.78 Å². The number of nitrogens with zero attached hydrogens (tertiary/aromatic N) is 1. The van der Waals surface area contributed by atoms with Crippen molar-refractivity contribution < 1.29 is 38.1 Å². The number of esters is 2. The largest absolute Gasteiger partial charge is 0.493 e. The highest BCUT2D eigenvalue weighted by Crippen LogP contribution is 2.31. The summed E-state index contributed by atoms with van der Waals surface area (Å²) in [6.45, 7) is 3.23. The van der Waals surface area contributed by atoms with E-state index in [1.54, 1.807) is 0 Å². The quantitative estimate of drug-likeness (QED) is 0.503. The molecule has 0 radical (unpaired) electrons. The first kappa shape index (κ1) is 28.5. The minimum atomic E-state index is -1.11. The molecule has 1 aromatic heterocycles. The second-order valence-corrected chi connectivity index (χ2v) is 9.95. The Bertz CT molecular complexity index is 1140. The van der Waals surface area contributed by atoms with Gasteiger partial charge in [-0.3, -0.25) is 9.59 Å². The van der Waals surface area contributed by atoms with Crippen molar-refractivity contribution in [2.24, 2.45) is 5.92 Å². The molecule has 0 bridgehead atoms. The van der Waals surface area contributed by atoms with Crippen LogP contribution in [-0.4, -0.2) is 67.5 Å². The standard InChI is InChI=1S/C29H36N2O8/c1-18-26(39-22-11-7-8-12-22)21(15-20-9-5-4-6-10-20)16-36-17-23(29(34)37-18)31-28(33)25-27(38-19(2)32)24(35-3)13-14-30-25/h4-6,9-10,13-14,18,21-23,26H,7-8,11-12,15-17H2,1-3H3,(H,31,33)/t18-,21-,23-,26-/m0/s1. The van der Waals surface area contributed by atoms with Gasteiger partial charge in [-0.15, -0.1) is 0 Å². The van der Waals surface area contributed by atoms with E-state index in [2.05, 4.69) is 22.4 Å². The molecule has 2 heterocycles. The van der Waals surface area contributed by atoms with Crippen LogP contribution in [0.4, 0.5) is 0 Å². The Balaban J connectivity index is 1.53. The molecule has 10 nitrogen and oxygen atoms in total. The molecule has 1 N–H and O–H groups in total. The number of pyridine rings is 1. The third kappa shape index (κ3) is 7.54. The number of carbonyl (C=O) groups is 3. The van der Waals surface area contributed by atoms with Gasteiger partial charge >= 0.3 is 11.9 Å². The lowest BCUT2D eigenvalue weighted by Crippen LogP contribution is -2.47. The van der Waals surface area contributed by atoms with Crippen LogP contribution in [0.1, 0.15) is 55.6 Å². The summed E-state index contributed by atoms with van der Waals surface area (Å²) in [5.74, 6) is -2.07. The molecule has 2 aliphatic rings. The van der Waals surface area contributed by atoms with Crippen LogP contribution in [-0.2, 0) is 30.2 Å². The monoisotopic (exact) mass is 540 g/mol. The number of aromatic nitrogens is 1. The van der Waals surface area contributed by atoms with Crippen LogP contribution in [0.2, 0.25) is 0 Å². The summed E-state index contributed by atoms with van der Waals surface area (Å²) in [5, 5.41) is 2.63. The number of cyclic esters (lactones) is 1. The maximum atomic E-state index is 13.2. The molecule has 4 atom stereocenters. The molecule has 0 spiro atoms. The SMILES string of the molecule is COc1ccnc(C(=O)N[C@H]2COC[C@H](Cc3ccccc3)[C@@H](OC3CCCC3)[C@H](C)OC2=O)c1OC(C)=O. The van der Waals surface area contributed by atoms with Crippen LogP contribution >= 0.6 is 0 Å². The molecule has 210 valence electrons. The highest BCUT2D eigenvalue weighted by Gasteiger charge is 2.37. The summed E-state index contributed by atoms with van der Waals surface area (Å²) in [7, 11) is 1.38. The molecule has 1 aliphatic carbocycles. The van der Waals surface area contributed by atoms with Gasteiger partial charge in [-0.1, -0.05) is 43.2 Å². The summed E-state index contributed by atoms with van der Waals surface area (Å²) in [6, 6.07) is 10.4. The van der Waals surface area contributed by atoms with Crippen molar-refractivity contribution in [3.63, 3.8) is 0 Å². The van der Waals surface area contributed by atoms with Crippen molar-refractivity contribution in [2.45, 2.75) is 70.3 Å². The number of benzene rings is 1. The normalized spacial score (nSPS) is 24.1. The predicted molar refractivity (Wildman–Crippen MR) is 140 cm³/mol. The van der Waals surface area contributed by atoms with Crippen molar-refractivity contribution >= 4 is 17.8 Å². The number of amides is 1. The Kier molecular flexibility index (Phi) is 9.89. The Morgan fingerprint density at radius 3 is 2.54 bits per heavy atom. The van der Waals surface area contributed by atoms with Crippen LogP contribution in [0.5, 0.6) is 11.5 Å². The van der Waals surface area contributed by atoms with Crippen molar-refractivity contribution in [3.8, 4) is 11.5 Å². The Morgan fingerprint density at radius 2 is 1.85 bits per heavy atom. The van der Waals surface area contributed by atoms with Crippen LogP contribution in [0.15, 0.2) is 42.6 Å². The molecule has 1 aliphatic heterocycles. The fourth-order valence-corrected chi connectivity index (χ4v) is 5.10. The highest BCUT2D eigenvalue weighted by atomic mass is 16.6. The number of rotatable bonds is 8. The van der Waals surface area contributed by atoms with Crippen LogP contribution in [0.3, 0.4) is 0 Å². The molecule has 0 unspecified atom stereocenters. The molecule has 1 amide bonds. The fraction of sp³-hybridized carbons (Fsp3) is 0.517. The zero-order valence-electron chi connectivity index (χ0n) is 22.6. The van der Waals surface area contributed by atoms with Crippen LogP contribution < -0.4 is 14.8 Å². The smallest absolute Gasteiger partial charge is 0.331 e. The van der Waals surface area contributed by atoms with Gasteiger partial charge in [0.05, 0.1) is 32.5 Å². The molecule has 1 aromatic carbocycles. The Hall–Kier alpha value is -3.50. The van der Waals surface area contributed by atoms with E-state index in [1.165, 1.54) is 26.3 Å². The lowest BCUT2D eigenvalue weighted by molar-refractivity contribution is -0.164. The van der Waals surface area contributed by atoms with Gasteiger partial charge in [0, 0.05) is 25.1 Å². The van der Waals surface area contributed by atoms with Crippen molar-refractivity contribution in [2.75, 3.05) is 20.3 Å². The summed E-state index contributed by atoms with van der Waals surface area (Å²) in [5.41, 5.74) is 0.936. The van der Waals surface area contributed by atoms with E-state index in [9.17, 15) is 14.4 Å². The van der Waals surface area contributed by atoms with Crippen molar-refractivity contribution in [1.82, 2.24) is 10.3 Å². The number of methoxy groups -OCH3 is 1. The number of nitrogens with one attached hydrogen (secondary N) is 1. The average Bonchev–Trinajstić information content (AvgIpc) is 3.44. The molecule has 2 fully saturated rings. The maximum Gasteiger partial charge on any atom is 0.331 e. The second kappa shape index (κ2) is 13.5. The number of hydrogen-bond acceptors (Lipinski definition) is 9. The van der Waals surface area contributed by atoms with Gasteiger partial charge in [-0.05, 0) is 31.7 Å². The lowest BCUT2D eigenvalue weighted by atomic mass is 9.91. The third-order valence-electron chi connectivity index (χ3n) is 6.98. The molecule has 1 saturated heterocycles. The van der Waals surface area contributed by atoms with Gasteiger partial charge in [0.1, 0.15) is 6.10 Å². The van der Waals surface area contributed by atoms with E-state index in [-0.39, 0.29) is 41.9 Å². The topological polar surface area (TPSA) is 122 Å². The molecular formula is C29H36N2O8. The second-order valence-electron chi connectivity index (χ2n) is 9.95. The van der Waals surface area contributed by atoms with E-state index in [1.807, 2.05) is 25.1 Å². The molecular weight excluding hydrogens is 504 g/mol. The number of ether oxygens (including phenoxy) is 5. The minimum absolute atomic E-state index is 0.0686. The summed E-state index contributed by atoms with van der Waals surface area (Å²) < 4.78 is 28.8. The van der Waals surface area contributed by atoms with E-state index >= 15 is 0 Å². The average molecular weight is 541 g/mol. The first-order valence-corrected chi connectivity index (χ1v) is 13.4. The van der Waals surface area contributed by atoms with Crippen molar-refractivity contribution in [3.05, 3.63) is 53.9 Å². The lowest BCUT2D eigenvalue weighted by Gasteiger charge is -2.33. The van der Waals surface area contributed by atoms with E-state index in [4.69, 9.17) is 23.7 Å². The molecule has 39 heavy (non-hydrogen) atoms. The van der Waals surface area contributed by atoms with Crippen LogP contribution in [0.25, 0.3) is 0 Å². The Morgan fingerprint density at radius 1 is 1.10 bits per heavy atom. The van der Waals surface area contributed by atoms with Gasteiger partial charge in [0.25, 0.3) is 5.91 Å². The highest BCUT2D eigenvalue weighted by molar-refractivity contribution is 5.98. The fourth-order valence-electron chi connectivity index (χ4n) is 5.10. The summed E-state index contributed by atoms with van der Waals surface area (Å²) in [6.07, 6.45) is 5.41. The summed E-state index contributed by atoms with van der Waals surface area (Å²) in [4.78, 5) is 42.1. The zero-order chi connectivity index (χ0) is 27.8. The van der Waals surface area contributed by atoms with Gasteiger partial charge in [0.2, 0.25) is 5.75 Å². The van der Waals surface area contributed by atoms with Crippen LogP contribution in [0, 0.1) is 5.92 Å². The van der Waals surface area contributed by atoms with E-state index < -0.39 is 30.0 Å². The molecule has 10 heteroatoms. The summed E-state index contributed by atoms with van der Waals surface area (Å²) >= 11 is 0.